The number of nitrogens with zero attached hydrogens (tertiary/aromatic N) is 2. The third-order valence-corrected chi connectivity index (χ3v) is 6.43. The molecule has 0 radical (unpaired) electrons. The molecule has 11 heteroatoms. The number of ether oxygens (including phenoxy) is 2. The molecule has 2 N–H and O–H groups in total. The van der Waals surface area contributed by atoms with Gasteiger partial charge in [0, 0.05) is 34.5 Å². The predicted octanol–water partition coefficient (Wildman–Crippen LogP) is 5.28. The summed E-state index contributed by atoms with van der Waals surface area (Å²) in [5.41, 5.74) is 2.49. The van der Waals surface area contributed by atoms with Crippen LogP contribution >= 0.6 is 0 Å². The van der Waals surface area contributed by atoms with E-state index in [1.807, 2.05) is 6.07 Å². The Balaban J connectivity index is 1.50. The lowest BCUT2D eigenvalue weighted by molar-refractivity contribution is -0.171. The number of hydrogen-bond acceptors (Lipinski definition) is 6. The van der Waals surface area contributed by atoms with E-state index in [9.17, 15) is 22.8 Å². The SMILES string of the molecule is N#Cc1ccc(Nc2cccc3c2OC[C@H]3N(C(=O)C(F)(F)F)c2ccc3c(c2)OC[C@H]3CC(=O)O)cc1. The minimum Gasteiger partial charge on any atom is -0.493 e. The molecule has 3 aromatic rings. The van der Waals surface area contributed by atoms with Gasteiger partial charge in [-0.25, -0.2) is 0 Å². The van der Waals surface area contributed by atoms with E-state index in [2.05, 4.69) is 5.32 Å². The first kappa shape index (κ1) is 25.0. The van der Waals surface area contributed by atoms with Crippen LogP contribution in [0.1, 0.15) is 35.1 Å². The number of carboxylic acids is 1. The largest absolute Gasteiger partial charge is 0.493 e. The van der Waals surface area contributed by atoms with Crippen LogP contribution in [0.3, 0.4) is 0 Å². The summed E-state index contributed by atoms with van der Waals surface area (Å²) in [4.78, 5) is 24.5. The summed E-state index contributed by atoms with van der Waals surface area (Å²) < 4.78 is 52.6. The van der Waals surface area contributed by atoms with Crippen LogP contribution < -0.4 is 19.7 Å². The highest BCUT2D eigenvalue weighted by atomic mass is 19.4. The zero-order valence-corrected chi connectivity index (χ0v) is 19.7. The van der Waals surface area contributed by atoms with E-state index in [0.29, 0.717) is 38.7 Å². The van der Waals surface area contributed by atoms with Gasteiger partial charge in [-0.2, -0.15) is 18.4 Å². The number of nitriles is 1. The van der Waals surface area contributed by atoms with Crippen molar-refractivity contribution >= 4 is 28.9 Å². The summed E-state index contributed by atoms with van der Waals surface area (Å²) in [5, 5.41) is 21.2. The fourth-order valence-electron chi connectivity index (χ4n) is 4.70. The second-order valence-electron chi connectivity index (χ2n) is 8.87. The highest BCUT2D eigenvalue weighted by Gasteiger charge is 2.48. The second kappa shape index (κ2) is 9.63. The number of carbonyl (C=O) groups is 2. The van der Waals surface area contributed by atoms with E-state index in [4.69, 9.17) is 19.8 Å². The average Bonchev–Trinajstić information content (AvgIpc) is 3.49. The van der Waals surface area contributed by atoms with Crippen LogP contribution in [0, 0.1) is 11.3 Å². The number of para-hydroxylation sites is 1. The van der Waals surface area contributed by atoms with Crippen molar-refractivity contribution in [3.63, 3.8) is 0 Å². The highest BCUT2D eigenvalue weighted by Crippen LogP contribution is 2.46. The molecule has 0 unspecified atom stereocenters. The van der Waals surface area contributed by atoms with Crippen LogP contribution in [0.2, 0.25) is 0 Å². The molecule has 0 aliphatic carbocycles. The molecular weight excluding hydrogens is 503 g/mol. The molecule has 194 valence electrons. The zero-order valence-electron chi connectivity index (χ0n) is 19.7. The lowest BCUT2D eigenvalue weighted by atomic mass is 9.97. The van der Waals surface area contributed by atoms with Gasteiger partial charge in [0.05, 0.1) is 36.4 Å². The molecule has 2 aliphatic heterocycles. The van der Waals surface area contributed by atoms with Gasteiger partial charge in [-0.15, -0.1) is 0 Å². The molecule has 0 aromatic heterocycles. The van der Waals surface area contributed by atoms with E-state index in [0.717, 1.165) is 0 Å². The van der Waals surface area contributed by atoms with Crippen molar-refractivity contribution in [2.24, 2.45) is 0 Å². The molecule has 2 aliphatic rings. The molecule has 0 spiro atoms. The van der Waals surface area contributed by atoms with Crippen LogP contribution in [0.25, 0.3) is 0 Å². The van der Waals surface area contributed by atoms with Crippen molar-refractivity contribution < 1.29 is 37.3 Å². The van der Waals surface area contributed by atoms with Gasteiger partial charge in [-0.3, -0.25) is 14.5 Å². The highest BCUT2D eigenvalue weighted by molar-refractivity contribution is 5.98. The topological polar surface area (TPSA) is 112 Å². The van der Waals surface area contributed by atoms with Crippen LogP contribution in [0.5, 0.6) is 11.5 Å². The standard InChI is InChI=1S/C27H20F3N3O5/c28-27(29,30)26(36)33(18-8-9-19-16(10-24(34)35)13-37-23(19)11-18)22-14-38-25-20(22)2-1-3-21(25)32-17-6-4-15(12-31)5-7-17/h1-9,11,16,22,32H,10,13-14H2,(H,34,35)/t16-,22-/m1/s1. The molecular formula is C27H20F3N3O5. The van der Waals surface area contributed by atoms with Gasteiger partial charge in [0.25, 0.3) is 0 Å². The Bertz CT molecular complexity index is 1450. The van der Waals surface area contributed by atoms with E-state index in [1.165, 1.54) is 18.2 Å². The first-order chi connectivity index (χ1) is 18.2. The van der Waals surface area contributed by atoms with Crippen LogP contribution in [-0.4, -0.2) is 36.4 Å². The van der Waals surface area contributed by atoms with E-state index in [-0.39, 0.29) is 31.1 Å². The Morgan fingerprint density at radius 3 is 2.50 bits per heavy atom. The van der Waals surface area contributed by atoms with Crippen molar-refractivity contribution in [1.29, 1.82) is 5.26 Å². The smallest absolute Gasteiger partial charge is 0.471 e. The Morgan fingerprint density at radius 2 is 1.82 bits per heavy atom. The fraction of sp³-hybridized carbons (Fsp3) is 0.222. The lowest BCUT2D eigenvalue weighted by Gasteiger charge is -2.29. The normalized spacial score (nSPS) is 17.4. The number of rotatable bonds is 6. The fourth-order valence-corrected chi connectivity index (χ4v) is 4.70. The van der Waals surface area contributed by atoms with Gasteiger partial charge in [0.1, 0.15) is 18.1 Å². The summed E-state index contributed by atoms with van der Waals surface area (Å²) in [6.45, 7) is -0.138. The number of carbonyl (C=O) groups excluding carboxylic acids is 1. The van der Waals surface area contributed by atoms with Crippen molar-refractivity contribution in [3.05, 3.63) is 77.4 Å². The lowest BCUT2D eigenvalue weighted by Crippen LogP contribution is -2.44. The number of amides is 1. The van der Waals surface area contributed by atoms with Crippen LogP contribution in [0.4, 0.5) is 30.2 Å². The van der Waals surface area contributed by atoms with Crippen LogP contribution in [-0.2, 0) is 9.59 Å². The van der Waals surface area contributed by atoms with Gasteiger partial charge >= 0.3 is 18.1 Å². The minimum absolute atomic E-state index is 0.0473. The third-order valence-electron chi connectivity index (χ3n) is 6.43. The summed E-state index contributed by atoms with van der Waals surface area (Å²) in [6.07, 6.45) is -5.34. The number of fused-ring (bicyclic) bond motifs is 2. The molecule has 0 saturated heterocycles. The van der Waals surface area contributed by atoms with E-state index >= 15 is 0 Å². The van der Waals surface area contributed by atoms with Gasteiger partial charge in [-0.1, -0.05) is 18.2 Å². The maximum absolute atomic E-state index is 13.8. The maximum atomic E-state index is 13.8. The summed E-state index contributed by atoms with van der Waals surface area (Å²) in [6, 6.07) is 16.7. The first-order valence-electron chi connectivity index (χ1n) is 11.6. The quantitative estimate of drug-likeness (QED) is 0.452. The second-order valence-corrected chi connectivity index (χ2v) is 8.87. The summed E-state index contributed by atoms with van der Waals surface area (Å²) in [7, 11) is 0. The summed E-state index contributed by atoms with van der Waals surface area (Å²) in [5.74, 6) is -2.97. The molecule has 3 aromatic carbocycles. The number of carboxylic acid groups (broad SMARTS) is 1. The molecule has 5 rings (SSSR count). The minimum atomic E-state index is -5.16. The van der Waals surface area contributed by atoms with Crippen LogP contribution in [0.15, 0.2) is 60.7 Å². The molecule has 2 atom stereocenters. The molecule has 8 nitrogen and oxygen atoms in total. The van der Waals surface area contributed by atoms with Crippen molar-refractivity contribution in [1.82, 2.24) is 0 Å². The number of hydrogen-bond donors (Lipinski definition) is 2. The van der Waals surface area contributed by atoms with Gasteiger partial charge in [0.15, 0.2) is 0 Å². The van der Waals surface area contributed by atoms with Crippen molar-refractivity contribution in [2.75, 3.05) is 23.4 Å². The number of nitrogens with one attached hydrogen (secondary N) is 1. The third kappa shape index (κ3) is 4.68. The average molecular weight is 523 g/mol. The molecule has 1 amide bonds. The molecule has 0 fully saturated rings. The number of benzene rings is 3. The number of halogens is 3. The van der Waals surface area contributed by atoms with E-state index in [1.54, 1.807) is 42.5 Å². The molecule has 38 heavy (non-hydrogen) atoms. The predicted molar refractivity (Wildman–Crippen MR) is 130 cm³/mol. The first-order valence-corrected chi connectivity index (χ1v) is 11.6. The molecule has 0 saturated carbocycles. The van der Waals surface area contributed by atoms with Gasteiger partial charge in [-0.05, 0) is 36.4 Å². The van der Waals surface area contributed by atoms with Crippen molar-refractivity contribution in [2.45, 2.75) is 24.6 Å². The Morgan fingerprint density at radius 1 is 1.05 bits per heavy atom. The van der Waals surface area contributed by atoms with Gasteiger partial charge in [0.2, 0.25) is 0 Å². The van der Waals surface area contributed by atoms with E-state index < -0.39 is 30.0 Å². The zero-order chi connectivity index (χ0) is 27.0. The Kier molecular flexibility index (Phi) is 6.32. The number of aliphatic carboxylic acids is 1. The number of alkyl halides is 3. The molecule has 0 bridgehead atoms. The summed E-state index contributed by atoms with van der Waals surface area (Å²) >= 11 is 0. The Labute approximate surface area is 214 Å². The molecule has 2 heterocycles. The maximum Gasteiger partial charge on any atom is 0.471 e. The van der Waals surface area contributed by atoms with Crippen molar-refractivity contribution in [3.8, 4) is 17.6 Å². The Hall–Kier alpha value is -4.72. The number of anilines is 3. The van der Waals surface area contributed by atoms with Gasteiger partial charge < -0.3 is 19.9 Å². The monoisotopic (exact) mass is 523 g/mol.